The van der Waals surface area contributed by atoms with Crippen molar-refractivity contribution in [2.24, 2.45) is 0 Å². The Kier molecular flexibility index (Phi) is 4.81. The van der Waals surface area contributed by atoms with Gasteiger partial charge in [-0.25, -0.2) is 23.2 Å². The summed E-state index contributed by atoms with van der Waals surface area (Å²) < 4.78 is 36.7. The first kappa shape index (κ1) is 14.9. The normalized spacial score (nSPS) is 10.4. The van der Waals surface area contributed by atoms with Gasteiger partial charge in [0.25, 0.3) is 0 Å². The van der Waals surface area contributed by atoms with Crippen LogP contribution in [-0.2, 0) is 18.1 Å². The van der Waals surface area contributed by atoms with Crippen LogP contribution in [0.15, 0.2) is 24.5 Å². The topological polar surface area (TPSA) is 66.2 Å². The van der Waals surface area contributed by atoms with E-state index in [0.717, 1.165) is 10.9 Å². The first-order chi connectivity index (χ1) is 10.2. The lowest BCUT2D eigenvalue weighted by atomic mass is 10.2. The minimum atomic E-state index is -0.908. The second-order valence-electron chi connectivity index (χ2n) is 3.95. The van der Waals surface area contributed by atoms with Crippen molar-refractivity contribution in [1.29, 1.82) is 0 Å². The molecule has 0 fully saturated rings. The van der Waals surface area contributed by atoms with Gasteiger partial charge in [0.15, 0.2) is 6.80 Å². The summed E-state index contributed by atoms with van der Waals surface area (Å²) in [6, 6.07) is 2.51. The molecule has 2 aromatic heterocycles. The molecule has 0 aliphatic carbocycles. The number of nitrogens with zero attached hydrogens (tertiary/aromatic N) is 3. The van der Waals surface area contributed by atoms with Crippen molar-refractivity contribution in [3.05, 3.63) is 41.6 Å². The number of halogens is 2. The average molecular weight is 297 g/mol. The average Bonchev–Trinajstić information content (AvgIpc) is 2.90. The van der Waals surface area contributed by atoms with Crippen molar-refractivity contribution in [3.8, 4) is 5.88 Å². The number of carbonyl (C=O) groups is 1. The van der Waals surface area contributed by atoms with Crippen molar-refractivity contribution >= 4 is 5.97 Å². The molecule has 0 aromatic carbocycles. The van der Waals surface area contributed by atoms with Crippen molar-refractivity contribution < 1.29 is 23.0 Å². The molecular weight excluding hydrogens is 284 g/mol. The van der Waals surface area contributed by atoms with E-state index in [2.05, 4.69) is 10.1 Å². The van der Waals surface area contributed by atoms with Gasteiger partial charge in [-0.15, -0.1) is 0 Å². The van der Waals surface area contributed by atoms with Crippen LogP contribution < -0.4 is 4.74 Å². The van der Waals surface area contributed by atoms with Crippen LogP contribution in [-0.4, -0.2) is 27.3 Å². The number of rotatable bonds is 6. The molecule has 0 spiro atoms. The van der Waals surface area contributed by atoms with Gasteiger partial charge in [-0.2, -0.15) is 5.10 Å². The predicted octanol–water partition coefficient (Wildman–Crippen LogP) is 2.10. The summed E-state index contributed by atoms with van der Waals surface area (Å²) in [6.45, 7) is 0.807. The Labute approximate surface area is 119 Å². The van der Waals surface area contributed by atoms with Gasteiger partial charge in [0.05, 0.1) is 24.7 Å². The molecule has 21 heavy (non-hydrogen) atoms. The molecule has 0 N–H and O–H groups in total. The lowest BCUT2D eigenvalue weighted by molar-refractivity contribution is 0.0522. The minimum absolute atomic E-state index is 0.122. The second-order valence-corrected chi connectivity index (χ2v) is 3.95. The Hall–Kier alpha value is -2.51. The van der Waals surface area contributed by atoms with E-state index in [1.807, 2.05) is 0 Å². The van der Waals surface area contributed by atoms with Crippen molar-refractivity contribution in [1.82, 2.24) is 14.8 Å². The predicted molar refractivity (Wildman–Crippen MR) is 67.8 cm³/mol. The number of ether oxygens (including phenoxy) is 2. The van der Waals surface area contributed by atoms with Crippen molar-refractivity contribution in [2.75, 3.05) is 6.61 Å². The highest BCUT2D eigenvalue weighted by atomic mass is 19.1. The van der Waals surface area contributed by atoms with E-state index in [9.17, 15) is 13.6 Å². The van der Waals surface area contributed by atoms with Crippen LogP contribution in [0.3, 0.4) is 0 Å². The fraction of sp³-hybridized carbons (Fsp3) is 0.308. The zero-order valence-corrected chi connectivity index (χ0v) is 11.3. The van der Waals surface area contributed by atoms with Gasteiger partial charge in [0, 0.05) is 6.07 Å². The highest BCUT2D eigenvalue weighted by Gasteiger charge is 2.19. The first-order valence-corrected chi connectivity index (χ1v) is 6.17. The summed E-state index contributed by atoms with van der Waals surface area (Å²) in [6.07, 6.45) is 2.21. The van der Waals surface area contributed by atoms with Crippen LogP contribution in [0.1, 0.15) is 23.0 Å². The number of aromatic nitrogens is 3. The molecule has 2 rings (SSSR count). The van der Waals surface area contributed by atoms with Gasteiger partial charge in [-0.3, -0.25) is 0 Å². The summed E-state index contributed by atoms with van der Waals surface area (Å²) in [5.74, 6) is -0.955. The van der Waals surface area contributed by atoms with Gasteiger partial charge < -0.3 is 9.47 Å². The quantitative estimate of drug-likeness (QED) is 0.764. The Balaban J connectivity index is 2.15. The largest absolute Gasteiger partial charge is 0.471 e. The molecule has 0 unspecified atom stereocenters. The fourth-order valence-electron chi connectivity index (χ4n) is 1.64. The molecule has 2 heterocycles. The van der Waals surface area contributed by atoms with E-state index in [0.29, 0.717) is 0 Å². The number of alkyl halides is 1. The Morgan fingerprint density at radius 3 is 2.81 bits per heavy atom. The zero-order valence-electron chi connectivity index (χ0n) is 11.3. The lowest BCUT2D eigenvalue weighted by Crippen LogP contribution is -2.12. The third-order valence-electron chi connectivity index (χ3n) is 2.61. The minimum Gasteiger partial charge on any atom is -0.471 e. The third kappa shape index (κ3) is 3.53. The maximum atomic E-state index is 12.9. The van der Waals surface area contributed by atoms with E-state index >= 15 is 0 Å². The van der Waals surface area contributed by atoms with Crippen LogP contribution in [0.2, 0.25) is 0 Å². The molecular formula is C13H13F2N3O3. The van der Waals surface area contributed by atoms with E-state index in [4.69, 9.17) is 9.47 Å². The van der Waals surface area contributed by atoms with E-state index < -0.39 is 18.6 Å². The van der Waals surface area contributed by atoms with Crippen LogP contribution in [0.25, 0.3) is 0 Å². The Morgan fingerprint density at radius 2 is 2.19 bits per heavy atom. The highest BCUT2D eigenvalue weighted by Crippen LogP contribution is 2.15. The number of hydrogen-bond acceptors (Lipinski definition) is 5. The van der Waals surface area contributed by atoms with Gasteiger partial charge in [-0.1, -0.05) is 0 Å². The maximum Gasteiger partial charge on any atom is 0.341 e. The lowest BCUT2D eigenvalue weighted by Gasteiger charge is -2.08. The summed E-state index contributed by atoms with van der Waals surface area (Å²) >= 11 is 0. The van der Waals surface area contributed by atoms with Crippen molar-refractivity contribution in [2.45, 2.75) is 20.3 Å². The molecule has 0 radical (unpaired) electrons. The maximum absolute atomic E-state index is 12.9. The summed E-state index contributed by atoms with van der Waals surface area (Å²) in [7, 11) is 0. The monoisotopic (exact) mass is 297 g/mol. The van der Waals surface area contributed by atoms with Crippen molar-refractivity contribution in [3.63, 3.8) is 0 Å². The number of esters is 1. The molecule has 0 aliphatic rings. The van der Waals surface area contributed by atoms with Gasteiger partial charge >= 0.3 is 5.97 Å². The van der Waals surface area contributed by atoms with E-state index in [1.54, 1.807) is 6.92 Å². The number of carbonyl (C=O) groups excluding carboxylic acids is 1. The Bertz CT molecular complexity index is 614. The SMILES string of the molecule is CCOC(=O)c1cnn(CF)c1COc1ccc(F)cn1. The highest BCUT2D eigenvalue weighted by molar-refractivity contribution is 5.90. The molecule has 0 atom stereocenters. The number of pyridine rings is 1. The van der Waals surface area contributed by atoms with Crippen LogP contribution >= 0.6 is 0 Å². The molecule has 112 valence electrons. The molecule has 0 saturated carbocycles. The molecule has 0 saturated heterocycles. The van der Waals surface area contributed by atoms with Gasteiger partial charge in [-0.05, 0) is 13.0 Å². The zero-order chi connectivity index (χ0) is 15.2. The van der Waals surface area contributed by atoms with Crippen LogP contribution in [0, 0.1) is 5.82 Å². The number of hydrogen-bond donors (Lipinski definition) is 0. The molecule has 2 aromatic rings. The molecule has 0 aliphatic heterocycles. The second kappa shape index (κ2) is 6.78. The van der Waals surface area contributed by atoms with Gasteiger partial charge in [0.1, 0.15) is 18.0 Å². The molecule has 0 amide bonds. The standard InChI is InChI=1S/C13H13F2N3O3/c1-2-20-13(19)10-6-17-18(8-14)11(10)7-21-12-4-3-9(15)5-16-12/h3-6H,2,7-8H2,1H3. The molecule has 8 heteroatoms. The Morgan fingerprint density at radius 1 is 1.38 bits per heavy atom. The summed E-state index contributed by atoms with van der Waals surface area (Å²) in [5, 5.41) is 3.74. The smallest absolute Gasteiger partial charge is 0.341 e. The third-order valence-corrected chi connectivity index (χ3v) is 2.61. The molecule has 6 nitrogen and oxygen atoms in total. The summed E-state index contributed by atoms with van der Waals surface area (Å²) in [5.41, 5.74) is 0.346. The first-order valence-electron chi connectivity index (χ1n) is 6.17. The van der Waals surface area contributed by atoms with Gasteiger partial charge in [0.2, 0.25) is 5.88 Å². The van der Waals surface area contributed by atoms with E-state index in [-0.39, 0.29) is 30.4 Å². The fourth-order valence-corrected chi connectivity index (χ4v) is 1.64. The van der Waals surface area contributed by atoms with Crippen LogP contribution in [0.5, 0.6) is 5.88 Å². The summed E-state index contributed by atoms with van der Waals surface area (Å²) in [4.78, 5) is 15.4. The molecule has 0 bridgehead atoms. The van der Waals surface area contributed by atoms with E-state index in [1.165, 1.54) is 18.3 Å². The van der Waals surface area contributed by atoms with Crippen LogP contribution in [0.4, 0.5) is 8.78 Å².